The maximum absolute atomic E-state index is 11.4. The van der Waals surface area contributed by atoms with Gasteiger partial charge < -0.3 is 50.3 Å². The van der Waals surface area contributed by atoms with Crippen LogP contribution in [0.25, 0.3) is 0 Å². The van der Waals surface area contributed by atoms with Gasteiger partial charge >= 0.3 is 5.97 Å². The van der Waals surface area contributed by atoms with Crippen molar-refractivity contribution in [3.63, 3.8) is 0 Å². The Morgan fingerprint density at radius 3 is 1.71 bits per heavy atom. The Labute approximate surface area is 138 Å². The third-order valence-electron chi connectivity index (χ3n) is 3.37. The minimum absolute atomic E-state index is 0.254. The van der Waals surface area contributed by atoms with Crippen molar-refractivity contribution in [1.82, 2.24) is 0 Å². The second-order valence-corrected chi connectivity index (χ2v) is 5.16. The van der Waals surface area contributed by atoms with Crippen LogP contribution in [0.4, 0.5) is 0 Å². The van der Waals surface area contributed by atoms with Crippen LogP contribution >= 0.6 is 0 Å². The average Bonchev–Trinajstić information content (AvgIpc) is 2.58. The number of aliphatic hydroxyl groups excluding tert-OH is 7. The van der Waals surface area contributed by atoms with E-state index < -0.39 is 68.7 Å². The highest BCUT2D eigenvalue weighted by Crippen LogP contribution is 2.20. The number of carboxylic acid groups (broad SMARTS) is 1. The molecule has 0 aromatic carbocycles. The van der Waals surface area contributed by atoms with Gasteiger partial charge in [-0.05, 0) is 0 Å². The highest BCUT2D eigenvalue weighted by atomic mass is 16.7. The highest BCUT2D eigenvalue weighted by Gasteiger charge is 2.41. The number of rotatable bonds is 13. The fourth-order valence-electron chi connectivity index (χ4n) is 1.66. The predicted octanol–water partition coefficient (Wildman–Crippen LogP) is -4.00. The van der Waals surface area contributed by atoms with Crippen LogP contribution in [0.1, 0.15) is 13.3 Å². The number of hydrogen-bond acceptors (Lipinski definition) is 10. The van der Waals surface area contributed by atoms with Crippen molar-refractivity contribution in [3.05, 3.63) is 0 Å². The van der Waals surface area contributed by atoms with E-state index in [2.05, 4.69) is 0 Å². The second kappa shape index (κ2) is 10.9. The Morgan fingerprint density at radius 1 is 0.875 bits per heavy atom. The van der Waals surface area contributed by atoms with Gasteiger partial charge in [0, 0.05) is 6.42 Å². The van der Waals surface area contributed by atoms with Gasteiger partial charge in [-0.1, -0.05) is 6.92 Å². The van der Waals surface area contributed by atoms with Crippen molar-refractivity contribution in [2.75, 3.05) is 26.4 Å². The lowest BCUT2D eigenvalue weighted by Crippen LogP contribution is -2.50. The maximum atomic E-state index is 11.4. The van der Waals surface area contributed by atoms with Crippen LogP contribution in [0.3, 0.4) is 0 Å². The summed E-state index contributed by atoms with van der Waals surface area (Å²) in [5, 5.41) is 73.7. The van der Waals surface area contributed by atoms with E-state index in [0.29, 0.717) is 0 Å². The van der Waals surface area contributed by atoms with E-state index in [1.807, 2.05) is 0 Å². The minimum atomic E-state index is -2.29. The topological polar surface area (TPSA) is 197 Å². The molecular formula is C13H26O11. The Morgan fingerprint density at radius 2 is 1.33 bits per heavy atom. The molecule has 0 saturated carbocycles. The maximum Gasteiger partial charge on any atom is 0.364 e. The van der Waals surface area contributed by atoms with Gasteiger partial charge in [-0.3, -0.25) is 0 Å². The fraction of sp³-hybridized carbons (Fsp3) is 0.923. The van der Waals surface area contributed by atoms with Crippen molar-refractivity contribution in [3.8, 4) is 0 Å². The molecule has 0 radical (unpaired) electrons. The van der Waals surface area contributed by atoms with Crippen molar-refractivity contribution in [2.45, 2.75) is 49.7 Å². The molecule has 0 fully saturated rings. The molecule has 11 nitrogen and oxygen atoms in total. The van der Waals surface area contributed by atoms with E-state index >= 15 is 0 Å². The molecule has 0 aliphatic carbocycles. The normalized spacial score (nSPS) is 20.7. The molecule has 0 aliphatic rings. The summed E-state index contributed by atoms with van der Waals surface area (Å²) >= 11 is 0. The fourth-order valence-corrected chi connectivity index (χ4v) is 1.66. The lowest BCUT2D eigenvalue weighted by molar-refractivity contribution is -0.265. The number of carboxylic acids is 1. The van der Waals surface area contributed by atoms with Crippen LogP contribution in [0.15, 0.2) is 0 Å². The average molecular weight is 358 g/mol. The lowest BCUT2D eigenvalue weighted by Gasteiger charge is -2.32. The van der Waals surface area contributed by atoms with Gasteiger partial charge in [-0.15, -0.1) is 0 Å². The molecule has 24 heavy (non-hydrogen) atoms. The summed E-state index contributed by atoms with van der Waals surface area (Å²) < 4.78 is 10.00. The molecule has 0 bridgehead atoms. The zero-order valence-electron chi connectivity index (χ0n) is 13.2. The van der Waals surface area contributed by atoms with Gasteiger partial charge in [0.25, 0.3) is 5.79 Å². The molecule has 0 amide bonds. The minimum Gasteiger partial charge on any atom is -0.477 e. The van der Waals surface area contributed by atoms with Crippen LogP contribution in [0.2, 0.25) is 0 Å². The van der Waals surface area contributed by atoms with Crippen LogP contribution in [-0.2, 0) is 14.3 Å². The van der Waals surface area contributed by atoms with Crippen LogP contribution in [-0.4, -0.2) is 110 Å². The lowest BCUT2D eigenvalue weighted by atomic mass is 10.1. The van der Waals surface area contributed by atoms with E-state index in [1.165, 1.54) is 6.92 Å². The first-order valence-corrected chi connectivity index (χ1v) is 7.28. The summed E-state index contributed by atoms with van der Waals surface area (Å²) in [5.74, 6) is -3.87. The molecule has 0 rings (SSSR count). The van der Waals surface area contributed by atoms with Gasteiger partial charge in [0.05, 0.1) is 26.4 Å². The SMILES string of the molecule is CC[C@@](OCC(O)[C@H](O)C(O)CO)(OC[C@H](O)[C@H](O)CO)C(=O)O. The van der Waals surface area contributed by atoms with E-state index in [-0.39, 0.29) is 6.42 Å². The van der Waals surface area contributed by atoms with Crippen molar-refractivity contribution in [1.29, 1.82) is 0 Å². The van der Waals surface area contributed by atoms with E-state index in [0.717, 1.165) is 0 Å². The van der Waals surface area contributed by atoms with Crippen LogP contribution in [0, 0.1) is 0 Å². The van der Waals surface area contributed by atoms with Crippen molar-refractivity contribution >= 4 is 5.97 Å². The molecule has 144 valence electrons. The molecule has 8 N–H and O–H groups in total. The molecule has 0 aliphatic heterocycles. The summed E-state index contributed by atoms with van der Waals surface area (Å²) in [5.41, 5.74) is 0. The van der Waals surface area contributed by atoms with Crippen LogP contribution < -0.4 is 0 Å². The Kier molecular flexibility index (Phi) is 10.5. The largest absolute Gasteiger partial charge is 0.477 e. The Bertz CT molecular complexity index is 366. The molecular weight excluding hydrogens is 332 g/mol. The molecule has 0 aromatic heterocycles. The monoisotopic (exact) mass is 358 g/mol. The van der Waals surface area contributed by atoms with E-state index in [1.54, 1.807) is 0 Å². The summed E-state index contributed by atoms with van der Waals surface area (Å²) in [6.45, 7) is -1.63. The number of carbonyl (C=O) groups is 1. The zero-order valence-corrected chi connectivity index (χ0v) is 13.2. The molecule has 6 atom stereocenters. The molecule has 0 heterocycles. The van der Waals surface area contributed by atoms with Gasteiger partial charge in [0.15, 0.2) is 0 Å². The Balaban J connectivity index is 4.85. The summed E-state index contributed by atoms with van der Waals surface area (Å²) in [6.07, 6.45) is -8.51. The first-order valence-electron chi connectivity index (χ1n) is 7.28. The molecule has 0 aromatic rings. The van der Waals surface area contributed by atoms with Crippen molar-refractivity contribution in [2.24, 2.45) is 0 Å². The van der Waals surface area contributed by atoms with Gasteiger partial charge in [0.1, 0.15) is 30.5 Å². The third-order valence-corrected chi connectivity index (χ3v) is 3.37. The Hall–Kier alpha value is -0.890. The molecule has 2 unspecified atom stereocenters. The summed E-state index contributed by atoms with van der Waals surface area (Å²) in [4.78, 5) is 11.4. The summed E-state index contributed by atoms with van der Waals surface area (Å²) in [6, 6.07) is 0. The third kappa shape index (κ3) is 6.55. The van der Waals surface area contributed by atoms with Gasteiger partial charge in [-0.2, -0.15) is 0 Å². The summed E-state index contributed by atoms with van der Waals surface area (Å²) in [7, 11) is 0. The zero-order chi connectivity index (χ0) is 18.9. The molecule has 11 heteroatoms. The number of hydrogen-bond donors (Lipinski definition) is 8. The van der Waals surface area contributed by atoms with E-state index in [4.69, 9.17) is 19.7 Å². The smallest absolute Gasteiger partial charge is 0.364 e. The van der Waals surface area contributed by atoms with Crippen molar-refractivity contribution < 1.29 is 55.1 Å². The molecule has 0 saturated heterocycles. The highest BCUT2D eigenvalue weighted by molar-refractivity contribution is 5.75. The first kappa shape index (κ1) is 23.1. The van der Waals surface area contributed by atoms with E-state index in [9.17, 15) is 35.4 Å². The standard InChI is InChI=1S/C13H26O11/c1-2-13(12(21)22,23-5-9(18)7(16)3-14)24-6-10(19)11(20)8(17)4-15/h7-11,14-20H,2-6H2,1H3,(H,21,22)/t7-,8?,9+,10?,11-,13+/m1/s1. The number of aliphatic carboxylic acids is 1. The van der Waals surface area contributed by atoms with Gasteiger partial charge in [-0.25, -0.2) is 4.79 Å². The first-order chi connectivity index (χ1) is 11.1. The molecule has 0 spiro atoms. The number of ether oxygens (including phenoxy) is 2. The van der Waals surface area contributed by atoms with Crippen LogP contribution in [0.5, 0.6) is 0 Å². The van der Waals surface area contributed by atoms with Gasteiger partial charge in [0.2, 0.25) is 0 Å². The quantitative estimate of drug-likeness (QED) is 0.149. The number of aliphatic hydroxyl groups is 7. The second-order valence-electron chi connectivity index (χ2n) is 5.16. The predicted molar refractivity (Wildman–Crippen MR) is 76.8 cm³/mol.